The van der Waals surface area contributed by atoms with Crippen molar-refractivity contribution in [1.29, 1.82) is 0 Å². The van der Waals surface area contributed by atoms with E-state index in [1.54, 1.807) is 11.9 Å². The van der Waals surface area contributed by atoms with Crippen LogP contribution < -0.4 is 0 Å². The van der Waals surface area contributed by atoms with E-state index in [0.717, 1.165) is 19.3 Å². The second kappa shape index (κ2) is 5.48. The molecule has 1 aliphatic heterocycles. The van der Waals surface area contributed by atoms with Crippen LogP contribution in [0.1, 0.15) is 40.0 Å². The Morgan fingerprint density at radius 1 is 1.24 bits per heavy atom. The maximum absolute atomic E-state index is 12.1. The molecular weight excluding hydrogens is 272 g/mol. The molecule has 1 saturated carbocycles. The molecule has 0 unspecified atom stereocenters. The van der Waals surface area contributed by atoms with Crippen LogP contribution in [0.5, 0.6) is 0 Å². The third-order valence-electron chi connectivity index (χ3n) is 4.48. The van der Waals surface area contributed by atoms with Gasteiger partial charge in [0.15, 0.2) is 0 Å². The highest BCUT2D eigenvalue weighted by Gasteiger charge is 2.59. The lowest BCUT2D eigenvalue weighted by atomic mass is 9.91. The Labute approximate surface area is 126 Å². The first-order valence-electron chi connectivity index (χ1n) is 7.48. The number of amides is 2. The van der Waals surface area contributed by atoms with Crippen molar-refractivity contribution in [3.8, 4) is 0 Å². The molecule has 6 nitrogen and oxygen atoms in total. The van der Waals surface area contributed by atoms with E-state index in [-0.39, 0.29) is 23.3 Å². The Morgan fingerprint density at radius 3 is 2.29 bits per heavy atom. The molecule has 0 aromatic rings. The number of rotatable bonds is 2. The molecule has 1 atom stereocenters. The number of carbonyl (C=O) groups is 2. The lowest BCUT2D eigenvalue weighted by Gasteiger charge is -2.34. The summed E-state index contributed by atoms with van der Waals surface area (Å²) in [6, 6.07) is 0. The van der Waals surface area contributed by atoms with Gasteiger partial charge >= 0.3 is 6.09 Å². The summed E-state index contributed by atoms with van der Waals surface area (Å²) in [6.45, 7) is 6.93. The first-order valence-corrected chi connectivity index (χ1v) is 7.48. The van der Waals surface area contributed by atoms with Crippen LogP contribution in [0.4, 0.5) is 4.79 Å². The molecule has 0 bridgehead atoms. The molecule has 120 valence electrons. The Bertz CT molecular complexity index is 422. The number of carbonyl (C=O) groups excluding carboxylic acids is 2. The molecule has 0 radical (unpaired) electrons. The van der Waals surface area contributed by atoms with E-state index in [1.807, 2.05) is 20.8 Å². The van der Waals surface area contributed by atoms with Gasteiger partial charge in [-0.1, -0.05) is 0 Å². The fourth-order valence-corrected chi connectivity index (χ4v) is 3.02. The molecule has 6 heteroatoms. The molecule has 2 rings (SSSR count). The highest BCUT2D eigenvalue weighted by Crippen LogP contribution is 2.60. The molecule has 21 heavy (non-hydrogen) atoms. The van der Waals surface area contributed by atoms with Gasteiger partial charge in [0.1, 0.15) is 5.60 Å². The number of nitrogens with zero attached hydrogens (tertiary/aromatic N) is 2. The number of hydroxylamine groups is 2. The minimum Gasteiger partial charge on any atom is -0.444 e. The van der Waals surface area contributed by atoms with Crippen LogP contribution in [-0.2, 0) is 14.4 Å². The molecule has 0 aromatic heterocycles. The fourth-order valence-electron chi connectivity index (χ4n) is 3.02. The Kier molecular flexibility index (Phi) is 4.19. The molecule has 1 spiro atoms. The average molecular weight is 298 g/mol. The van der Waals surface area contributed by atoms with Crippen molar-refractivity contribution in [3.05, 3.63) is 0 Å². The number of ether oxygens (including phenoxy) is 1. The third-order valence-corrected chi connectivity index (χ3v) is 4.48. The van der Waals surface area contributed by atoms with Crippen LogP contribution in [0.25, 0.3) is 0 Å². The quantitative estimate of drug-likeness (QED) is 0.732. The molecule has 1 saturated heterocycles. The number of hydrogen-bond donors (Lipinski definition) is 0. The van der Waals surface area contributed by atoms with Crippen LogP contribution in [0.15, 0.2) is 0 Å². The Morgan fingerprint density at radius 2 is 1.81 bits per heavy atom. The lowest BCUT2D eigenvalue weighted by Crippen LogP contribution is -2.43. The van der Waals surface area contributed by atoms with Crippen molar-refractivity contribution in [2.75, 3.05) is 27.2 Å². The molecule has 2 aliphatic rings. The Balaban J connectivity index is 1.85. The maximum atomic E-state index is 12.1. The SMILES string of the molecule is CON(C)C(=O)[C@@H]1CC12CCN(C(=O)OC(C)(C)C)CC2. The van der Waals surface area contributed by atoms with E-state index >= 15 is 0 Å². The monoisotopic (exact) mass is 298 g/mol. The smallest absolute Gasteiger partial charge is 0.410 e. The van der Waals surface area contributed by atoms with Gasteiger partial charge < -0.3 is 9.64 Å². The average Bonchev–Trinajstić information content (AvgIpc) is 3.09. The zero-order valence-corrected chi connectivity index (χ0v) is 13.6. The number of piperidine rings is 1. The molecule has 1 aliphatic carbocycles. The van der Waals surface area contributed by atoms with Gasteiger partial charge in [0, 0.05) is 26.1 Å². The van der Waals surface area contributed by atoms with Crippen molar-refractivity contribution >= 4 is 12.0 Å². The van der Waals surface area contributed by atoms with E-state index in [4.69, 9.17) is 9.57 Å². The molecular formula is C15H26N2O4. The highest BCUT2D eigenvalue weighted by atomic mass is 16.7. The van der Waals surface area contributed by atoms with E-state index in [2.05, 4.69) is 0 Å². The summed E-state index contributed by atoms with van der Waals surface area (Å²) in [5.74, 6) is 0.0893. The zero-order valence-electron chi connectivity index (χ0n) is 13.6. The lowest BCUT2D eigenvalue weighted by molar-refractivity contribution is -0.171. The fraction of sp³-hybridized carbons (Fsp3) is 0.867. The van der Waals surface area contributed by atoms with Crippen molar-refractivity contribution < 1.29 is 19.2 Å². The van der Waals surface area contributed by atoms with E-state index in [0.29, 0.717) is 13.1 Å². The van der Waals surface area contributed by atoms with Gasteiger partial charge in [0.2, 0.25) is 5.91 Å². The van der Waals surface area contributed by atoms with Crippen molar-refractivity contribution in [2.24, 2.45) is 11.3 Å². The number of hydrogen-bond acceptors (Lipinski definition) is 4. The molecule has 1 heterocycles. The molecule has 2 amide bonds. The number of likely N-dealkylation sites (tertiary alicyclic amines) is 1. The van der Waals surface area contributed by atoms with E-state index in [1.165, 1.54) is 12.2 Å². The second-order valence-corrected chi connectivity index (χ2v) is 7.10. The van der Waals surface area contributed by atoms with Crippen LogP contribution in [0, 0.1) is 11.3 Å². The minimum absolute atomic E-state index is 0.0446. The van der Waals surface area contributed by atoms with Gasteiger partial charge in [0.25, 0.3) is 0 Å². The second-order valence-electron chi connectivity index (χ2n) is 7.10. The third kappa shape index (κ3) is 3.48. The maximum Gasteiger partial charge on any atom is 0.410 e. The predicted molar refractivity (Wildman–Crippen MR) is 77.4 cm³/mol. The van der Waals surface area contributed by atoms with Crippen molar-refractivity contribution in [2.45, 2.75) is 45.6 Å². The largest absolute Gasteiger partial charge is 0.444 e. The van der Waals surface area contributed by atoms with Crippen LogP contribution in [0.3, 0.4) is 0 Å². The van der Waals surface area contributed by atoms with Crippen LogP contribution >= 0.6 is 0 Å². The zero-order chi connectivity index (χ0) is 15.8. The topological polar surface area (TPSA) is 59.1 Å². The normalized spacial score (nSPS) is 23.9. The summed E-state index contributed by atoms with van der Waals surface area (Å²) < 4.78 is 5.39. The summed E-state index contributed by atoms with van der Waals surface area (Å²) in [4.78, 5) is 30.8. The summed E-state index contributed by atoms with van der Waals surface area (Å²) in [5, 5.41) is 1.31. The highest BCUT2D eigenvalue weighted by molar-refractivity contribution is 5.81. The molecule has 0 N–H and O–H groups in total. The summed E-state index contributed by atoms with van der Waals surface area (Å²) in [5.41, 5.74) is -0.395. The van der Waals surface area contributed by atoms with Crippen molar-refractivity contribution in [3.63, 3.8) is 0 Å². The predicted octanol–water partition coefficient (Wildman–Crippen LogP) is 2.04. The summed E-state index contributed by atoms with van der Waals surface area (Å²) in [7, 11) is 3.14. The van der Waals surface area contributed by atoms with Gasteiger partial charge in [-0.05, 0) is 45.4 Å². The van der Waals surface area contributed by atoms with E-state index in [9.17, 15) is 9.59 Å². The minimum atomic E-state index is -0.467. The summed E-state index contributed by atoms with van der Waals surface area (Å²) in [6.07, 6.45) is 2.37. The van der Waals surface area contributed by atoms with Gasteiger partial charge in [0.05, 0.1) is 7.11 Å². The molecule has 0 aromatic carbocycles. The van der Waals surface area contributed by atoms with Crippen LogP contribution in [-0.4, -0.2) is 54.8 Å². The molecule has 2 fully saturated rings. The van der Waals surface area contributed by atoms with Crippen molar-refractivity contribution in [1.82, 2.24) is 9.96 Å². The van der Waals surface area contributed by atoms with E-state index < -0.39 is 5.60 Å². The Hall–Kier alpha value is -1.30. The first-order chi connectivity index (χ1) is 9.68. The van der Waals surface area contributed by atoms with Gasteiger partial charge in [-0.15, -0.1) is 0 Å². The van der Waals surface area contributed by atoms with Gasteiger partial charge in [-0.3, -0.25) is 9.63 Å². The first kappa shape index (κ1) is 16.1. The standard InChI is InChI=1S/C15H26N2O4/c1-14(2,3)21-13(19)17-8-6-15(7-9-17)10-11(15)12(18)16(4)20-5/h11H,6-10H2,1-5H3/t11-/m0/s1. The van der Waals surface area contributed by atoms with Crippen LogP contribution in [0.2, 0.25) is 0 Å². The van der Waals surface area contributed by atoms with Gasteiger partial charge in [-0.2, -0.15) is 0 Å². The van der Waals surface area contributed by atoms with Gasteiger partial charge in [-0.25, -0.2) is 9.86 Å². The summed E-state index contributed by atoms with van der Waals surface area (Å²) >= 11 is 0.